The van der Waals surface area contributed by atoms with Gasteiger partial charge in [-0.25, -0.2) is 0 Å². The van der Waals surface area contributed by atoms with Crippen LogP contribution in [0.3, 0.4) is 0 Å². The van der Waals surface area contributed by atoms with Crippen molar-refractivity contribution < 1.29 is 9.53 Å². The van der Waals surface area contributed by atoms with E-state index in [-0.39, 0.29) is 11.0 Å². The quantitative estimate of drug-likeness (QED) is 0.581. The fraction of sp³-hybridized carbons (Fsp3) is 0.333. The molecule has 1 fully saturated rings. The number of nitrogens with one attached hydrogen (secondary N) is 2. The third-order valence-corrected chi connectivity index (χ3v) is 6.00. The van der Waals surface area contributed by atoms with E-state index in [1.165, 1.54) is 7.11 Å². The fourth-order valence-corrected chi connectivity index (χ4v) is 4.21. The first-order chi connectivity index (χ1) is 14.4. The van der Waals surface area contributed by atoms with E-state index in [9.17, 15) is 4.79 Å². The molecule has 0 aromatic heterocycles. The van der Waals surface area contributed by atoms with E-state index in [4.69, 9.17) is 28.6 Å². The van der Waals surface area contributed by atoms with Crippen molar-refractivity contribution in [1.82, 2.24) is 10.2 Å². The first-order valence-corrected chi connectivity index (χ1v) is 11.2. The van der Waals surface area contributed by atoms with Gasteiger partial charge in [0.15, 0.2) is 5.11 Å². The zero-order valence-electron chi connectivity index (χ0n) is 16.9. The number of hydrogen-bond donors (Lipinski definition) is 2. The van der Waals surface area contributed by atoms with Crippen molar-refractivity contribution in [3.63, 3.8) is 0 Å². The fourth-order valence-electron chi connectivity index (χ4n) is 3.34. The summed E-state index contributed by atoms with van der Waals surface area (Å²) in [4.78, 5) is 17.3. The van der Waals surface area contributed by atoms with Crippen molar-refractivity contribution in [2.45, 2.75) is 6.92 Å². The van der Waals surface area contributed by atoms with Crippen LogP contribution < -0.4 is 20.3 Å². The summed E-state index contributed by atoms with van der Waals surface area (Å²) in [6, 6.07) is 10.9. The highest BCUT2D eigenvalue weighted by molar-refractivity contribution is 9.10. The van der Waals surface area contributed by atoms with Gasteiger partial charge in [0.1, 0.15) is 5.75 Å². The number of carbonyl (C=O) groups is 1. The number of anilines is 2. The van der Waals surface area contributed by atoms with Gasteiger partial charge in [-0.15, -0.1) is 0 Å². The van der Waals surface area contributed by atoms with Crippen LogP contribution in [0.1, 0.15) is 17.3 Å². The summed E-state index contributed by atoms with van der Waals surface area (Å²) in [6.07, 6.45) is 0. The number of amides is 1. The Morgan fingerprint density at radius 1 is 1.20 bits per heavy atom. The lowest BCUT2D eigenvalue weighted by Gasteiger charge is -2.36. The predicted molar refractivity (Wildman–Crippen MR) is 130 cm³/mol. The molecule has 2 aromatic carbocycles. The molecule has 2 N–H and O–H groups in total. The number of carbonyl (C=O) groups excluding carboxylic acids is 1. The van der Waals surface area contributed by atoms with E-state index in [1.54, 1.807) is 18.2 Å². The van der Waals surface area contributed by atoms with Gasteiger partial charge in [0.2, 0.25) is 0 Å². The summed E-state index contributed by atoms with van der Waals surface area (Å²) in [5.41, 5.74) is 2.10. The second-order valence-electron chi connectivity index (χ2n) is 6.84. The molecule has 1 heterocycles. The molecule has 1 saturated heterocycles. The van der Waals surface area contributed by atoms with E-state index >= 15 is 0 Å². The molecule has 6 nitrogen and oxygen atoms in total. The van der Waals surface area contributed by atoms with E-state index in [1.807, 2.05) is 18.2 Å². The Bertz CT molecular complexity index is 935. The monoisotopic (exact) mass is 510 g/mol. The van der Waals surface area contributed by atoms with Crippen LogP contribution in [0.4, 0.5) is 11.4 Å². The van der Waals surface area contributed by atoms with Crippen LogP contribution in [0.5, 0.6) is 5.75 Å². The molecule has 30 heavy (non-hydrogen) atoms. The van der Waals surface area contributed by atoms with E-state index < -0.39 is 0 Å². The van der Waals surface area contributed by atoms with E-state index in [0.717, 1.165) is 42.9 Å². The molecule has 0 spiro atoms. The smallest absolute Gasteiger partial charge is 0.261 e. The Kier molecular flexibility index (Phi) is 7.93. The van der Waals surface area contributed by atoms with Crippen molar-refractivity contribution in [3.05, 3.63) is 51.5 Å². The lowest BCUT2D eigenvalue weighted by Crippen LogP contribution is -2.46. The molecule has 0 saturated carbocycles. The Morgan fingerprint density at radius 2 is 1.93 bits per heavy atom. The highest BCUT2D eigenvalue weighted by atomic mass is 79.9. The average Bonchev–Trinajstić information content (AvgIpc) is 2.74. The highest BCUT2D eigenvalue weighted by Gasteiger charge is 2.18. The third kappa shape index (κ3) is 5.63. The number of piperazine rings is 1. The van der Waals surface area contributed by atoms with E-state index in [0.29, 0.717) is 22.0 Å². The molecule has 1 aliphatic heterocycles. The maximum Gasteiger partial charge on any atom is 0.261 e. The summed E-state index contributed by atoms with van der Waals surface area (Å²) in [5, 5.41) is 6.52. The number of hydrogen-bond acceptors (Lipinski definition) is 5. The first kappa shape index (κ1) is 22.8. The predicted octanol–water partition coefficient (Wildman–Crippen LogP) is 4.38. The van der Waals surface area contributed by atoms with Crippen molar-refractivity contribution in [2.24, 2.45) is 0 Å². The van der Waals surface area contributed by atoms with Crippen molar-refractivity contribution >= 4 is 62.1 Å². The summed E-state index contributed by atoms with van der Waals surface area (Å²) in [7, 11) is 1.52. The standard InChI is InChI=1S/C21H24BrClN4O2S/c1-3-26-8-10-27(11-9-26)18-6-5-15(13-17(18)23)24-21(30)25-20(28)16-12-14(22)4-7-19(16)29-2/h4-7,12-13H,3,8-11H2,1-2H3,(H2,24,25,28,30). The van der Waals surface area contributed by atoms with Crippen LogP contribution >= 0.6 is 39.7 Å². The lowest BCUT2D eigenvalue weighted by molar-refractivity contribution is 0.0974. The van der Waals surface area contributed by atoms with Gasteiger partial charge in [-0.3, -0.25) is 10.1 Å². The SMILES string of the molecule is CCN1CCN(c2ccc(NC(=S)NC(=O)c3cc(Br)ccc3OC)cc2Cl)CC1. The van der Waals surface area contributed by atoms with Crippen molar-refractivity contribution in [2.75, 3.05) is 50.1 Å². The van der Waals surface area contributed by atoms with Gasteiger partial charge >= 0.3 is 0 Å². The van der Waals surface area contributed by atoms with Crippen LogP contribution in [0, 0.1) is 0 Å². The van der Waals surface area contributed by atoms with Gasteiger partial charge in [0.25, 0.3) is 5.91 Å². The lowest BCUT2D eigenvalue weighted by atomic mass is 10.2. The second kappa shape index (κ2) is 10.4. The largest absolute Gasteiger partial charge is 0.496 e. The highest BCUT2D eigenvalue weighted by Crippen LogP contribution is 2.30. The van der Waals surface area contributed by atoms with Crippen LogP contribution in [0.15, 0.2) is 40.9 Å². The second-order valence-corrected chi connectivity index (χ2v) is 8.57. The molecule has 0 bridgehead atoms. The topological polar surface area (TPSA) is 56.8 Å². The maximum atomic E-state index is 12.6. The van der Waals surface area contributed by atoms with Gasteiger partial charge in [-0.1, -0.05) is 34.5 Å². The number of halogens is 2. The number of thiocarbonyl (C=S) groups is 1. The molecular weight excluding hydrogens is 488 g/mol. The molecule has 3 rings (SSSR count). The Labute approximate surface area is 195 Å². The van der Waals surface area contributed by atoms with Gasteiger partial charge in [-0.2, -0.15) is 0 Å². The molecule has 0 unspecified atom stereocenters. The van der Waals surface area contributed by atoms with Gasteiger partial charge in [0, 0.05) is 36.3 Å². The average molecular weight is 512 g/mol. The zero-order valence-corrected chi connectivity index (χ0v) is 20.0. The Hall–Kier alpha value is -1.87. The van der Waals surface area contributed by atoms with Gasteiger partial charge in [0.05, 0.1) is 23.4 Å². The molecule has 0 aliphatic carbocycles. The minimum Gasteiger partial charge on any atom is -0.496 e. The molecule has 9 heteroatoms. The molecule has 160 valence electrons. The summed E-state index contributed by atoms with van der Waals surface area (Å²) in [6.45, 7) is 7.20. The van der Waals surface area contributed by atoms with Crippen LogP contribution in [0.25, 0.3) is 0 Å². The number of ether oxygens (including phenoxy) is 1. The van der Waals surface area contributed by atoms with Crippen LogP contribution in [0.2, 0.25) is 5.02 Å². The number of nitrogens with zero attached hydrogens (tertiary/aromatic N) is 2. The number of methoxy groups -OCH3 is 1. The number of likely N-dealkylation sites (N-methyl/N-ethyl adjacent to an activating group) is 1. The van der Waals surface area contributed by atoms with Gasteiger partial charge < -0.3 is 19.9 Å². The van der Waals surface area contributed by atoms with Crippen molar-refractivity contribution in [3.8, 4) is 5.75 Å². The summed E-state index contributed by atoms with van der Waals surface area (Å²) >= 11 is 15.2. The van der Waals surface area contributed by atoms with Crippen LogP contribution in [-0.2, 0) is 0 Å². The third-order valence-electron chi connectivity index (χ3n) is 5.00. The Morgan fingerprint density at radius 3 is 2.57 bits per heavy atom. The molecular formula is C21H24BrClN4O2S. The van der Waals surface area contributed by atoms with Crippen LogP contribution in [-0.4, -0.2) is 55.8 Å². The molecule has 0 radical (unpaired) electrons. The first-order valence-electron chi connectivity index (χ1n) is 9.64. The maximum absolute atomic E-state index is 12.6. The van der Waals surface area contributed by atoms with Gasteiger partial charge in [-0.05, 0) is 55.2 Å². The molecule has 1 amide bonds. The van der Waals surface area contributed by atoms with Crippen molar-refractivity contribution in [1.29, 1.82) is 0 Å². The Balaban J connectivity index is 1.62. The molecule has 0 atom stereocenters. The minimum absolute atomic E-state index is 0.183. The summed E-state index contributed by atoms with van der Waals surface area (Å²) < 4.78 is 6.02. The molecule has 2 aromatic rings. The number of benzene rings is 2. The molecule has 1 aliphatic rings. The van der Waals surface area contributed by atoms with E-state index in [2.05, 4.69) is 43.3 Å². The normalized spacial score (nSPS) is 14.3. The minimum atomic E-state index is -0.359. The zero-order chi connectivity index (χ0) is 21.7. The number of rotatable bonds is 5. The summed E-state index contributed by atoms with van der Waals surface area (Å²) in [5.74, 6) is 0.108.